The molecule has 7 atom stereocenters. The highest BCUT2D eigenvalue weighted by Gasteiger charge is 2.65. The Bertz CT molecular complexity index is 668. The summed E-state index contributed by atoms with van der Waals surface area (Å²) < 4.78 is 0. The van der Waals surface area contributed by atoms with Crippen LogP contribution in [-0.4, -0.2) is 38.0 Å². The van der Waals surface area contributed by atoms with E-state index in [1.807, 2.05) is 0 Å². The summed E-state index contributed by atoms with van der Waals surface area (Å²) in [7, 11) is 0. The maximum Gasteiger partial charge on any atom is 0.182 e. The largest absolute Gasteiger partial charge is 0.366 e. The lowest BCUT2D eigenvalue weighted by Crippen LogP contribution is -2.58. The number of hydrogen-bond donors (Lipinski definition) is 4. The van der Waals surface area contributed by atoms with Crippen molar-refractivity contribution in [2.45, 2.75) is 83.3 Å². The highest BCUT2D eigenvalue weighted by atomic mass is 16.5. The molecule has 0 aliphatic heterocycles. The van der Waals surface area contributed by atoms with Crippen LogP contribution in [-0.2, 0) is 0 Å². The second-order valence-corrected chi connectivity index (χ2v) is 10.4. The molecule has 0 bridgehead atoms. The summed E-state index contributed by atoms with van der Waals surface area (Å²) in [6.45, 7) is 5.75. The normalized spacial score (nSPS) is 48.9. The van der Waals surface area contributed by atoms with Crippen molar-refractivity contribution >= 4 is 0 Å². The third-order valence-corrected chi connectivity index (χ3v) is 8.88. The Morgan fingerprint density at radius 2 is 1.85 bits per heavy atom. The number of rotatable bonds is 2. The first-order valence-electron chi connectivity index (χ1n) is 10.4. The summed E-state index contributed by atoms with van der Waals surface area (Å²) in [6.07, 6.45) is 6.52. The molecule has 4 aliphatic rings. The minimum Gasteiger partial charge on any atom is -0.366 e. The Labute approximate surface area is 160 Å². The summed E-state index contributed by atoms with van der Waals surface area (Å²) in [5, 5.41) is 44.5. The second-order valence-electron chi connectivity index (χ2n) is 10.4. The lowest BCUT2D eigenvalue weighted by atomic mass is 9.45. The summed E-state index contributed by atoms with van der Waals surface area (Å²) in [5.41, 5.74) is 0.514. The van der Waals surface area contributed by atoms with Gasteiger partial charge in [-0.25, -0.2) is 0 Å². The Balaban J connectivity index is 1.74. The molecule has 0 saturated heterocycles. The maximum absolute atomic E-state index is 12.0. The Kier molecular flexibility index (Phi) is 4.22. The molecule has 3 fully saturated rings. The van der Waals surface area contributed by atoms with Gasteiger partial charge in [0.15, 0.2) is 11.6 Å². The minimum absolute atomic E-state index is 0.0894. The lowest BCUT2D eigenvalue weighted by Gasteiger charge is -2.60. The average molecular weight is 379 g/mol. The number of nitrogens with zero attached hydrogens (tertiary/aromatic N) is 1. The van der Waals surface area contributed by atoms with Crippen LogP contribution < -0.4 is 0 Å². The average Bonchev–Trinajstić information content (AvgIpc) is 2.91. The topological polar surface area (TPSA) is 110 Å². The Morgan fingerprint density at radius 1 is 1.15 bits per heavy atom. The molecule has 0 amide bonds. The smallest absolute Gasteiger partial charge is 0.182 e. The summed E-state index contributed by atoms with van der Waals surface area (Å²) in [5.74, 6) is -3.00. The fourth-order valence-electron chi connectivity index (χ4n) is 7.83. The standard InChI is InChI=1S/C21H33NO5/c1-18-8-9-21(25,26)10-12(18)4-5-13-14-6-7-16(20(3,23)24)19(14,2)11-15(22-27)17(13)18/h10,13-17,23-26H,4-9,11H2,1-3H3/t13-,14-,15-,16-,17+,18-,19-/m0/s1. The van der Waals surface area contributed by atoms with Gasteiger partial charge in [-0.1, -0.05) is 24.6 Å². The molecule has 0 radical (unpaired) electrons. The number of fused-ring (bicyclic) bond motifs is 5. The first-order valence-corrected chi connectivity index (χ1v) is 10.4. The van der Waals surface area contributed by atoms with Crippen molar-refractivity contribution in [3.05, 3.63) is 16.6 Å². The molecule has 0 heterocycles. The van der Waals surface area contributed by atoms with Crippen LogP contribution in [0.1, 0.15) is 65.7 Å². The predicted molar refractivity (Wildman–Crippen MR) is 100 cm³/mol. The van der Waals surface area contributed by atoms with Crippen LogP contribution in [0.3, 0.4) is 0 Å². The van der Waals surface area contributed by atoms with E-state index in [0.29, 0.717) is 24.7 Å². The van der Waals surface area contributed by atoms with Crippen LogP contribution in [0.2, 0.25) is 0 Å². The van der Waals surface area contributed by atoms with Crippen molar-refractivity contribution in [3.8, 4) is 0 Å². The summed E-state index contributed by atoms with van der Waals surface area (Å²) >= 11 is 0. The molecule has 0 spiro atoms. The van der Waals surface area contributed by atoms with Gasteiger partial charge in [-0.05, 0) is 80.1 Å². The van der Waals surface area contributed by atoms with Crippen molar-refractivity contribution < 1.29 is 20.4 Å². The van der Waals surface area contributed by atoms with Gasteiger partial charge in [-0.3, -0.25) is 0 Å². The number of nitroso groups, excluding NO2 is 1. The zero-order valence-corrected chi connectivity index (χ0v) is 16.6. The van der Waals surface area contributed by atoms with Gasteiger partial charge in [0.05, 0.1) is 6.04 Å². The van der Waals surface area contributed by atoms with E-state index in [1.165, 1.54) is 6.92 Å². The summed E-state index contributed by atoms with van der Waals surface area (Å²) in [4.78, 5) is 12.0. The molecule has 6 nitrogen and oxygen atoms in total. The molecule has 4 N–H and O–H groups in total. The maximum atomic E-state index is 12.0. The quantitative estimate of drug-likeness (QED) is 0.335. The second kappa shape index (κ2) is 5.85. The molecule has 27 heavy (non-hydrogen) atoms. The van der Waals surface area contributed by atoms with Crippen molar-refractivity contribution in [2.75, 3.05) is 0 Å². The molecule has 0 aromatic heterocycles. The van der Waals surface area contributed by atoms with Gasteiger partial charge in [-0.2, -0.15) is 4.91 Å². The minimum atomic E-state index is -1.75. The van der Waals surface area contributed by atoms with E-state index >= 15 is 0 Å². The molecule has 4 rings (SSSR count). The first-order chi connectivity index (χ1) is 12.4. The van der Waals surface area contributed by atoms with Gasteiger partial charge in [0.25, 0.3) is 0 Å². The first kappa shape index (κ1) is 19.5. The van der Waals surface area contributed by atoms with Crippen molar-refractivity contribution in [1.82, 2.24) is 0 Å². The Hall–Kier alpha value is -0.820. The zero-order chi connectivity index (χ0) is 19.8. The van der Waals surface area contributed by atoms with E-state index in [9.17, 15) is 25.3 Å². The van der Waals surface area contributed by atoms with Crippen LogP contribution in [0.15, 0.2) is 16.8 Å². The number of allylic oxidation sites excluding steroid dienone is 1. The van der Waals surface area contributed by atoms with E-state index in [-0.39, 0.29) is 35.1 Å². The molecule has 0 aromatic rings. The van der Waals surface area contributed by atoms with Crippen molar-refractivity contribution in [3.63, 3.8) is 0 Å². The third-order valence-electron chi connectivity index (χ3n) is 8.88. The van der Waals surface area contributed by atoms with Gasteiger partial charge in [0.1, 0.15) is 0 Å². The van der Waals surface area contributed by atoms with Gasteiger partial charge < -0.3 is 20.4 Å². The van der Waals surface area contributed by atoms with Gasteiger partial charge in [0, 0.05) is 12.3 Å². The third kappa shape index (κ3) is 2.75. The van der Waals surface area contributed by atoms with Gasteiger partial charge in [-0.15, -0.1) is 0 Å². The molecule has 0 unspecified atom stereocenters. The van der Waals surface area contributed by atoms with Gasteiger partial charge in [0.2, 0.25) is 0 Å². The molecule has 152 valence electrons. The van der Waals surface area contributed by atoms with E-state index in [4.69, 9.17) is 0 Å². The van der Waals surface area contributed by atoms with E-state index < -0.39 is 11.6 Å². The fourth-order valence-corrected chi connectivity index (χ4v) is 7.83. The SMILES string of the molecule is CC(O)(O)[C@H]1CC[C@H]2[C@@H]3CCC4=CC(O)(O)CC[C@]4(C)[C@H]3[C@@H](N=O)C[C@]12C. The van der Waals surface area contributed by atoms with Crippen LogP contribution in [0.25, 0.3) is 0 Å². The molecular formula is C21H33NO5. The highest BCUT2D eigenvalue weighted by molar-refractivity contribution is 5.28. The lowest BCUT2D eigenvalue weighted by molar-refractivity contribution is -0.221. The molecule has 4 aliphatic carbocycles. The van der Waals surface area contributed by atoms with Crippen LogP contribution in [0.4, 0.5) is 0 Å². The van der Waals surface area contributed by atoms with E-state index in [2.05, 4.69) is 19.0 Å². The Morgan fingerprint density at radius 3 is 2.48 bits per heavy atom. The summed E-state index contributed by atoms with van der Waals surface area (Å²) in [6, 6.07) is -0.377. The molecule has 6 heteroatoms. The van der Waals surface area contributed by atoms with E-state index in [0.717, 1.165) is 31.3 Å². The van der Waals surface area contributed by atoms with Crippen LogP contribution >= 0.6 is 0 Å². The molecular weight excluding hydrogens is 346 g/mol. The predicted octanol–water partition coefficient (Wildman–Crippen LogP) is 2.69. The number of hydrogen-bond acceptors (Lipinski definition) is 6. The monoisotopic (exact) mass is 379 g/mol. The highest BCUT2D eigenvalue weighted by Crippen LogP contribution is 2.68. The zero-order valence-electron chi connectivity index (χ0n) is 16.6. The molecule has 3 saturated carbocycles. The molecule has 0 aromatic carbocycles. The van der Waals surface area contributed by atoms with E-state index in [1.54, 1.807) is 6.08 Å². The van der Waals surface area contributed by atoms with Gasteiger partial charge >= 0.3 is 0 Å². The fraction of sp³-hybridized carbons (Fsp3) is 0.905. The van der Waals surface area contributed by atoms with Crippen LogP contribution in [0, 0.1) is 39.4 Å². The number of aliphatic hydroxyl groups is 4. The van der Waals surface area contributed by atoms with Crippen molar-refractivity contribution in [1.29, 1.82) is 0 Å². The van der Waals surface area contributed by atoms with Crippen molar-refractivity contribution in [2.24, 2.45) is 39.7 Å². The van der Waals surface area contributed by atoms with Crippen LogP contribution in [0.5, 0.6) is 0 Å².